The summed E-state index contributed by atoms with van der Waals surface area (Å²) in [5, 5.41) is 11.8. The minimum atomic E-state index is -1.56. The van der Waals surface area contributed by atoms with E-state index in [2.05, 4.69) is 21.2 Å². The van der Waals surface area contributed by atoms with E-state index in [1.807, 2.05) is 30.3 Å². The summed E-state index contributed by atoms with van der Waals surface area (Å²) >= 11 is 3.46. The van der Waals surface area contributed by atoms with Crippen LogP contribution in [0, 0.1) is 11.6 Å². The zero-order valence-electron chi connectivity index (χ0n) is 23.9. The minimum Gasteiger partial charge on any atom is -0.497 e. The molecule has 1 aliphatic rings. The number of aliphatic imine (C=N–C) groups is 1. The number of carbonyl (C=O) groups is 1. The SMILES string of the molecule is COc1cccc([C@H]2OC(c3ccc(OCCCO)cc3)=N[C@@]2(Cc2ccc(Br)cc2)C(=O)NCc2c(F)cccc2F)c1. The predicted molar refractivity (Wildman–Crippen MR) is 166 cm³/mol. The Hall–Kier alpha value is -4.28. The van der Waals surface area contributed by atoms with Gasteiger partial charge in [-0.05, 0) is 71.8 Å². The van der Waals surface area contributed by atoms with Gasteiger partial charge in [-0.3, -0.25) is 4.79 Å². The van der Waals surface area contributed by atoms with E-state index in [9.17, 15) is 13.6 Å². The van der Waals surface area contributed by atoms with Crippen LogP contribution in [-0.2, 0) is 22.5 Å². The zero-order chi connectivity index (χ0) is 31.1. The number of aliphatic hydroxyl groups is 1. The van der Waals surface area contributed by atoms with Gasteiger partial charge in [0.2, 0.25) is 5.90 Å². The molecule has 0 spiro atoms. The first kappa shape index (κ1) is 31.2. The van der Waals surface area contributed by atoms with Crippen LogP contribution < -0.4 is 14.8 Å². The molecule has 2 atom stereocenters. The lowest BCUT2D eigenvalue weighted by molar-refractivity contribution is -0.129. The van der Waals surface area contributed by atoms with Crippen molar-refractivity contribution in [2.24, 2.45) is 4.99 Å². The number of amides is 1. The topological polar surface area (TPSA) is 89.4 Å². The first-order valence-corrected chi connectivity index (χ1v) is 14.8. The first-order chi connectivity index (χ1) is 21.3. The third kappa shape index (κ3) is 6.92. The summed E-state index contributed by atoms with van der Waals surface area (Å²) in [6.45, 7) is 0.0136. The Morgan fingerprint density at radius 3 is 2.39 bits per heavy atom. The summed E-state index contributed by atoms with van der Waals surface area (Å²) in [6.07, 6.45) is -0.286. The van der Waals surface area contributed by atoms with E-state index < -0.39 is 29.2 Å². The average Bonchev–Trinajstić information content (AvgIpc) is 3.43. The number of benzene rings is 4. The molecule has 0 radical (unpaired) electrons. The zero-order valence-corrected chi connectivity index (χ0v) is 25.5. The first-order valence-electron chi connectivity index (χ1n) is 14.0. The van der Waals surface area contributed by atoms with Crippen LogP contribution in [-0.4, -0.2) is 42.8 Å². The van der Waals surface area contributed by atoms with Crippen LogP contribution in [0.5, 0.6) is 11.5 Å². The molecule has 1 aliphatic heterocycles. The fourth-order valence-electron chi connectivity index (χ4n) is 5.02. The maximum absolute atomic E-state index is 14.5. The van der Waals surface area contributed by atoms with E-state index in [-0.39, 0.29) is 31.0 Å². The fourth-order valence-corrected chi connectivity index (χ4v) is 5.29. The number of nitrogens with zero attached hydrogens (tertiary/aromatic N) is 1. The highest BCUT2D eigenvalue weighted by molar-refractivity contribution is 9.10. The predicted octanol–water partition coefficient (Wildman–Crippen LogP) is 6.31. The van der Waals surface area contributed by atoms with Gasteiger partial charge >= 0.3 is 0 Å². The van der Waals surface area contributed by atoms with Crippen molar-refractivity contribution < 1.29 is 32.9 Å². The van der Waals surface area contributed by atoms with Crippen molar-refractivity contribution in [1.29, 1.82) is 0 Å². The van der Waals surface area contributed by atoms with Crippen LogP contribution >= 0.6 is 15.9 Å². The smallest absolute Gasteiger partial charge is 0.252 e. The van der Waals surface area contributed by atoms with Crippen molar-refractivity contribution in [3.05, 3.63) is 129 Å². The lowest BCUT2D eigenvalue weighted by Crippen LogP contribution is -2.49. The average molecular weight is 666 g/mol. The molecule has 0 aliphatic carbocycles. The summed E-state index contributed by atoms with van der Waals surface area (Å²) in [6, 6.07) is 25.3. The van der Waals surface area contributed by atoms with Crippen LogP contribution in [0.2, 0.25) is 0 Å². The second kappa shape index (κ2) is 14.0. The molecule has 4 aromatic rings. The minimum absolute atomic E-state index is 0.0282. The Morgan fingerprint density at radius 1 is 1.00 bits per heavy atom. The van der Waals surface area contributed by atoms with Crippen molar-refractivity contribution in [3.63, 3.8) is 0 Å². The van der Waals surface area contributed by atoms with E-state index in [1.54, 1.807) is 49.6 Å². The third-order valence-corrected chi connectivity index (χ3v) is 7.83. The number of methoxy groups -OCH3 is 1. The van der Waals surface area contributed by atoms with Gasteiger partial charge < -0.3 is 24.6 Å². The number of carbonyl (C=O) groups excluding carboxylic acids is 1. The molecule has 10 heteroatoms. The van der Waals surface area contributed by atoms with Gasteiger partial charge in [0.05, 0.1) is 13.7 Å². The maximum atomic E-state index is 14.5. The Labute approximate surface area is 262 Å². The molecule has 0 bridgehead atoms. The van der Waals surface area contributed by atoms with E-state index in [4.69, 9.17) is 24.3 Å². The van der Waals surface area contributed by atoms with Gasteiger partial charge in [0.1, 0.15) is 23.1 Å². The van der Waals surface area contributed by atoms with E-state index in [1.165, 1.54) is 6.07 Å². The molecule has 1 heterocycles. The lowest BCUT2D eigenvalue weighted by Gasteiger charge is -2.31. The van der Waals surface area contributed by atoms with Gasteiger partial charge in [-0.15, -0.1) is 0 Å². The molecule has 1 amide bonds. The second-order valence-corrected chi connectivity index (χ2v) is 11.2. The molecule has 4 aromatic carbocycles. The van der Waals surface area contributed by atoms with Crippen LogP contribution in [0.1, 0.15) is 34.8 Å². The molecule has 44 heavy (non-hydrogen) atoms. The molecule has 0 saturated carbocycles. The van der Waals surface area contributed by atoms with Crippen molar-refractivity contribution in [3.8, 4) is 11.5 Å². The number of nitrogens with one attached hydrogen (secondary N) is 1. The monoisotopic (exact) mass is 664 g/mol. The van der Waals surface area contributed by atoms with Crippen molar-refractivity contribution in [1.82, 2.24) is 5.32 Å². The maximum Gasteiger partial charge on any atom is 0.252 e. The Bertz CT molecular complexity index is 1610. The van der Waals surface area contributed by atoms with E-state index in [0.29, 0.717) is 35.7 Å². The highest BCUT2D eigenvalue weighted by atomic mass is 79.9. The van der Waals surface area contributed by atoms with Gasteiger partial charge in [-0.2, -0.15) is 0 Å². The molecule has 7 nitrogen and oxygen atoms in total. The molecule has 0 saturated heterocycles. The summed E-state index contributed by atoms with van der Waals surface area (Å²) in [4.78, 5) is 19.3. The molecule has 0 aromatic heterocycles. The molecule has 0 fully saturated rings. The van der Waals surface area contributed by atoms with Crippen molar-refractivity contribution in [2.75, 3.05) is 20.3 Å². The van der Waals surface area contributed by atoms with E-state index in [0.717, 1.165) is 22.2 Å². The van der Waals surface area contributed by atoms with Gasteiger partial charge in [-0.1, -0.05) is 46.3 Å². The van der Waals surface area contributed by atoms with Crippen molar-refractivity contribution in [2.45, 2.75) is 31.0 Å². The summed E-state index contributed by atoms with van der Waals surface area (Å²) in [5.41, 5.74) is 0.231. The number of aliphatic hydroxyl groups excluding tert-OH is 1. The van der Waals surface area contributed by atoms with Gasteiger partial charge in [0.25, 0.3) is 5.91 Å². The lowest BCUT2D eigenvalue weighted by atomic mass is 9.82. The highest BCUT2D eigenvalue weighted by Crippen LogP contribution is 2.43. The molecular weight excluding hydrogens is 634 g/mol. The van der Waals surface area contributed by atoms with Gasteiger partial charge in [-0.25, -0.2) is 13.8 Å². The van der Waals surface area contributed by atoms with Crippen LogP contribution in [0.3, 0.4) is 0 Å². The van der Waals surface area contributed by atoms with Gasteiger partial charge in [0, 0.05) is 41.6 Å². The number of ether oxygens (including phenoxy) is 3. The highest BCUT2D eigenvalue weighted by Gasteiger charge is 2.53. The van der Waals surface area contributed by atoms with Crippen LogP contribution in [0.25, 0.3) is 0 Å². The normalized spacial score (nSPS) is 17.5. The molecule has 228 valence electrons. The number of hydrogen-bond acceptors (Lipinski definition) is 6. The number of halogens is 3. The number of hydrogen-bond donors (Lipinski definition) is 2. The summed E-state index contributed by atoms with van der Waals surface area (Å²) in [7, 11) is 1.55. The van der Waals surface area contributed by atoms with Gasteiger partial charge in [0.15, 0.2) is 11.6 Å². The Kier molecular flexibility index (Phi) is 9.92. The largest absolute Gasteiger partial charge is 0.497 e. The summed E-state index contributed by atoms with van der Waals surface area (Å²) < 4.78 is 47.5. The molecule has 2 N–H and O–H groups in total. The van der Waals surface area contributed by atoms with Crippen LogP contribution in [0.4, 0.5) is 8.78 Å². The summed E-state index contributed by atoms with van der Waals surface area (Å²) in [5.74, 6) is -0.681. The van der Waals surface area contributed by atoms with E-state index >= 15 is 0 Å². The standard InChI is InChI=1S/C34H31BrF2N2O5/c1-42-27-6-2-5-24(19-27)31-34(20-22-9-13-25(35)14-10-22,33(41)38-21-28-29(36)7-3-8-30(28)37)39-32(44-31)23-11-15-26(16-12-23)43-18-4-17-40/h2-3,5-16,19,31,40H,4,17-18,20-21H2,1H3,(H,38,41)/t31-,34-/m1/s1. The molecule has 5 rings (SSSR count). The third-order valence-electron chi connectivity index (χ3n) is 7.30. The molecular formula is C34H31BrF2N2O5. The fraction of sp³-hybridized carbons (Fsp3) is 0.235. The van der Waals surface area contributed by atoms with Crippen LogP contribution in [0.15, 0.2) is 100 Å². The second-order valence-electron chi connectivity index (χ2n) is 10.3. The Morgan fingerprint density at radius 2 is 1.70 bits per heavy atom. The quantitative estimate of drug-likeness (QED) is 0.173. The van der Waals surface area contributed by atoms with Crippen molar-refractivity contribution >= 4 is 27.7 Å². The molecule has 0 unspecified atom stereocenters. The Balaban J connectivity index is 1.58. The number of rotatable bonds is 12.